The van der Waals surface area contributed by atoms with E-state index in [1.165, 1.54) is 0 Å². The Labute approximate surface area is 93.9 Å². The van der Waals surface area contributed by atoms with Crippen LogP contribution in [0.1, 0.15) is 12.7 Å². The Morgan fingerprint density at radius 1 is 1.64 bits per heavy atom. The van der Waals surface area contributed by atoms with Gasteiger partial charge in [-0.25, -0.2) is 4.68 Å². The van der Waals surface area contributed by atoms with Gasteiger partial charge in [-0.05, 0) is 24.0 Å². The summed E-state index contributed by atoms with van der Waals surface area (Å²) in [6, 6.07) is 0. The third kappa shape index (κ3) is 3.00. The molecule has 0 unspecified atom stereocenters. The van der Waals surface area contributed by atoms with Gasteiger partial charge in [0.25, 0.3) is 0 Å². The normalized spacial score (nSPS) is 10.9. The zero-order chi connectivity index (χ0) is 10.6. The number of thiocarbonyl (C=S) groups is 1. The second-order valence-corrected chi connectivity index (χ2v) is 4.08. The molecule has 0 saturated carbocycles. The maximum absolute atomic E-state index is 4.90. The maximum atomic E-state index is 4.90. The van der Waals surface area contributed by atoms with E-state index >= 15 is 0 Å². The number of tetrazole rings is 1. The first-order valence-electron chi connectivity index (χ1n) is 4.33. The van der Waals surface area contributed by atoms with Crippen LogP contribution in [0.2, 0.25) is 0 Å². The van der Waals surface area contributed by atoms with Crippen LogP contribution in [-0.4, -0.2) is 49.4 Å². The summed E-state index contributed by atoms with van der Waals surface area (Å²) in [5.74, 6) is 0.563. The van der Waals surface area contributed by atoms with Crippen molar-refractivity contribution in [3.8, 4) is 0 Å². The predicted molar refractivity (Wildman–Crippen MR) is 61.7 cm³/mol. The molecule has 0 amide bonds. The van der Waals surface area contributed by atoms with Crippen LogP contribution >= 0.6 is 24.8 Å². The van der Waals surface area contributed by atoms with Crippen LogP contribution < -0.4 is 0 Å². The van der Waals surface area contributed by atoms with E-state index in [1.807, 2.05) is 7.05 Å². The lowest BCUT2D eigenvalue weighted by Crippen LogP contribution is -2.24. The first-order chi connectivity index (χ1) is 6.65. The molecule has 0 radical (unpaired) electrons. The maximum Gasteiger partial charge on any atom is 0.199 e. The van der Waals surface area contributed by atoms with Crippen LogP contribution in [0, 0.1) is 0 Å². The second kappa shape index (κ2) is 5.38. The minimum atomic E-state index is 0.425. The van der Waals surface area contributed by atoms with Crippen molar-refractivity contribution in [2.45, 2.75) is 13.5 Å². The van der Waals surface area contributed by atoms with E-state index < -0.39 is 0 Å². The van der Waals surface area contributed by atoms with Crippen LogP contribution in [0.4, 0.5) is 0 Å². The second-order valence-electron chi connectivity index (χ2n) is 2.93. The molecule has 0 spiro atoms. The van der Waals surface area contributed by atoms with Gasteiger partial charge in [0.2, 0.25) is 0 Å². The highest BCUT2D eigenvalue weighted by Gasteiger charge is 2.08. The number of likely N-dealkylation sites (N-methyl/N-ethyl adjacent to an activating group) is 1. The van der Waals surface area contributed by atoms with Gasteiger partial charge in [0, 0.05) is 6.54 Å². The molecule has 1 aromatic heterocycles. The van der Waals surface area contributed by atoms with Crippen molar-refractivity contribution in [2.75, 3.05) is 20.1 Å². The van der Waals surface area contributed by atoms with Crippen LogP contribution in [0.3, 0.4) is 0 Å². The third-order valence-corrected chi connectivity index (χ3v) is 2.34. The summed E-state index contributed by atoms with van der Waals surface area (Å²) < 4.78 is 2.09. The van der Waals surface area contributed by atoms with Crippen molar-refractivity contribution in [3.05, 3.63) is 5.82 Å². The van der Waals surface area contributed by atoms with Gasteiger partial charge in [-0.1, -0.05) is 19.1 Å². The minimum Gasteiger partial charge on any atom is -0.305 e. The number of hydrogen-bond acceptors (Lipinski definition) is 5. The number of rotatable bonds is 5. The Morgan fingerprint density at radius 2 is 2.36 bits per heavy atom. The summed E-state index contributed by atoms with van der Waals surface area (Å²) >= 11 is 8.94. The number of thiol groups is 1. The van der Waals surface area contributed by atoms with E-state index in [1.54, 1.807) is 4.68 Å². The fraction of sp³-hybridized carbons (Fsp3) is 0.714. The molecule has 5 nitrogen and oxygen atoms in total. The Hall–Kier alpha value is -0.530. The SMILES string of the molecule is CCN(C)CCn1nnnc1C(=S)S. The lowest BCUT2D eigenvalue weighted by Gasteiger charge is -2.13. The number of aromatic nitrogens is 4. The lowest BCUT2D eigenvalue weighted by atomic mass is 10.5. The summed E-state index contributed by atoms with van der Waals surface area (Å²) in [7, 11) is 2.04. The van der Waals surface area contributed by atoms with Crippen molar-refractivity contribution in [2.24, 2.45) is 0 Å². The van der Waals surface area contributed by atoms with Crippen LogP contribution in [0.15, 0.2) is 0 Å². The van der Waals surface area contributed by atoms with Gasteiger partial charge in [-0.15, -0.1) is 17.7 Å². The van der Waals surface area contributed by atoms with Gasteiger partial charge < -0.3 is 4.90 Å². The van der Waals surface area contributed by atoms with Crippen LogP contribution in [0.5, 0.6) is 0 Å². The minimum absolute atomic E-state index is 0.425. The predicted octanol–water partition coefficient (Wildman–Crippen LogP) is 0.230. The summed E-state index contributed by atoms with van der Waals surface area (Å²) in [5, 5.41) is 11.2. The monoisotopic (exact) mass is 231 g/mol. The average Bonchev–Trinajstić information content (AvgIpc) is 2.62. The quantitative estimate of drug-likeness (QED) is 0.580. The molecule has 1 aromatic rings. The van der Waals surface area contributed by atoms with Gasteiger partial charge in [0.05, 0.1) is 6.54 Å². The highest BCUT2D eigenvalue weighted by atomic mass is 32.1. The fourth-order valence-electron chi connectivity index (χ4n) is 0.932. The van der Waals surface area contributed by atoms with Gasteiger partial charge in [0.15, 0.2) is 5.82 Å². The molecule has 0 aromatic carbocycles. The molecule has 7 heteroatoms. The van der Waals surface area contributed by atoms with E-state index in [2.05, 4.69) is 40.0 Å². The zero-order valence-corrected chi connectivity index (χ0v) is 9.92. The Bertz CT molecular complexity index is 311. The largest absolute Gasteiger partial charge is 0.305 e. The number of nitrogens with zero attached hydrogens (tertiary/aromatic N) is 5. The topological polar surface area (TPSA) is 46.8 Å². The molecule has 0 aliphatic rings. The Morgan fingerprint density at radius 3 is 2.93 bits per heavy atom. The molecule has 1 heterocycles. The van der Waals surface area contributed by atoms with Crippen molar-refractivity contribution >= 4 is 29.0 Å². The first kappa shape index (κ1) is 11.5. The summed E-state index contributed by atoms with van der Waals surface area (Å²) in [6.45, 7) is 4.73. The molecule has 0 N–H and O–H groups in total. The Kier molecular flexibility index (Phi) is 4.43. The number of hydrogen-bond donors (Lipinski definition) is 1. The van der Waals surface area contributed by atoms with E-state index in [0.717, 1.165) is 19.6 Å². The molecule has 0 aliphatic heterocycles. The molecule has 0 atom stereocenters. The smallest absolute Gasteiger partial charge is 0.199 e. The molecule has 14 heavy (non-hydrogen) atoms. The summed E-state index contributed by atoms with van der Waals surface area (Å²) in [6.07, 6.45) is 0. The zero-order valence-electron chi connectivity index (χ0n) is 8.21. The Balaban J connectivity index is 2.58. The molecular weight excluding hydrogens is 218 g/mol. The van der Waals surface area contributed by atoms with Crippen molar-refractivity contribution in [3.63, 3.8) is 0 Å². The molecule has 0 bridgehead atoms. The van der Waals surface area contributed by atoms with Crippen LogP contribution in [0.25, 0.3) is 0 Å². The van der Waals surface area contributed by atoms with E-state index in [4.69, 9.17) is 12.2 Å². The molecule has 0 saturated heterocycles. The van der Waals surface area contributed by atoms with E-state index in [-0.39, 0.29) is 0 Å². The molecule has 0 aliphatic carbocycles. The third-order valence-electron chi connectivity index (χ3n) is 1.96. The highest BCUT2D eigenvalue weighted by molar-refractivity contribution is 8.11. The molecule has 1 rings (SSSR count). The summed E-state index contributed by atoms with van der Waals surface area (Å²) in [5.41, 5.74) is 0. The van der Waals surface area contributed by atoms with E-state index in [0.29, 0.717) is 10.0 Å². The van der Waals surface area contributed by atoms with Crippen molar-refractivity contribution < 1.29 is 0 Å². The summed E-state index contributed by atoms with van der Waals surface area (Å²) in [4.78, 5) is 2.17. The fourth-order valence-corrected chi connectivity index (χ4v) is 1.24. The van der Waals surface area contributed by atoms with E-state index in [9.17, 15) is 0 Å². The van der Waals surface area contributed by atoms with Gasteiger partial charge in [-0.3, -0.25) is 0 Å². The first-order valence-corrected chi connectivity index (χ1v) is 5.18. The molecule has 78 valence electrons. The van der Waals surface area contributed by atoms with Gasteiger partial charge >= 0.3 is 0 Å². The lowest BCUT2D eigenvalue weighted by molar-refractivity contribution is 0.326. The molecule has 0 fully saturated rings. The average molecular weight is 231 g/mol. The van der Waals surface area contributed by atoms with Gasteiger partial charge in [-0.2, -0.15) is 0 Å². The van der Waals surface area contributed by atoms with Crippen molar-refractivity contribution in [1.29, 1.82) is 0 Å². The highest BCUT2D eigenvalue weighted by Crippen LogP contribution is 1.99. The van der Waals surface area contributed by atoms with Crippen LogP contribution in [-0.2, 0) is 6.54 Å². The molecular formula is C7H13N5S2. The standard InChI is InChI=1S/C7H13N5S2/c1-3-11(2)4-5-12-6(7(13)14)8-9-10-12/h3-5H2,1-2H3,(H,13,14). The van der Waals surface area contributed by atoms with Gasteiger partial charge in [0.1, 0.15) is 4.20 Å². The van der Waals surface area contributed by atoms with Crippen molar-refractivity contribution in [1.82, 2.24) is 25.1 Å².